The Labute approximate surface area is 259 Å². The number of benzene rings is 3. The van der Waals surface area contributed by atoms with Crippen LogP contribution in [-0.2, 0) is 12.8 Å². The molecule has 0 nitrogen and oxygen atoms in total. The summed E-state index contributed by atoms with van der Waals surface area (Å²) in [5.41, 5.74) is 11.1. The third kappa shape index (κ3) is 5.03. The molecule has 2 aliphatic rings. The summed E-state index contributed by atoms with van der Waals surface area (Å²) in [6, 6.07) is 32.7. The van der Waals surface area contributed by atoms with E-state index in [9.17, 15) is 0 Å². The van der Waals surface area contributed by atoms with Crippen molar-refractivity contribution in [2.75, 3.05) is 0 Å². The van der Waals surface area contributed by atoms with Gasteiger partial charge >= 0.3 is 0 Å². The van der Waals surface area contributed by atoms with Crippen LogP contribution >= 0.6 is 22.7 Å². The van der Waals surface area contributed by atoms with Crippen molar-refractivity contribution in [1.82, 2.24) is 0 Å². The highest BCUT2D eigenvalue weighted by Gasteiger charge is 2.27. The van der Waals surface area contributed by atoms with Gasteiger partial charge in [0, 0.05) is 30.7 Å². The number of fused-ring (bicyclic) bond motifs is 6. The molecule has 2 heteroatoms. The lowest BCUT2D eigenvalue weighted by molar-refractivity contribution is 0.670. The highest BCUT2D eigenvalue weighted by Crippen LogP contribution is 2.42. The smallest absolute Gasteiger partial charge is 0.0358 e. The maximum absolute atomic E-state index is 2.52. The molecule has 5 aromatic rings. The van der Waals surface area contributed by atoms with Crippen LogP contribution in [0.5, 0.6) is 0 Å². The van der Waals surface area contributed by atoms with E-state index in [0.29, 0.717) is 0 Å². The average Bonchev–Trinajstić information content (AvgIpc) is 3.80. The molecule has 0 unspecified atom stereocenters. The zero-order valence-electron chi connectivity index (χ0n) is 25.0. The van der Waals surface area contributed by atoms with Crippen LogP contribution in [-0.4, -0.2) is 0 Å². The predicted molar refractivity (Wildman–Crippen MR) is 184 cm³/mol. The number of thiophene rings is 2. The molecule has 42 heavy (non-hydrogen) atoms. The van der Waals surface area contributed by atoms with Gasteiger partial charge in [-0.15, -0.1) is 22.7 Å². The van der Waals surface area contributed by atoms with E-state index in [-0.39, 0.29) is 0 Å². The van der Waals surface area contributed by atoms with Crippen LogP contribution in [0.15, 0.2) is 84.9 Å². The first-order valence-corrected chi connectivity index (χ1v) is 17.7. The predicted octanol–water partition coefficient (Wildman–Crippen LogP) is 10.5. The molecule has 0 saturated carbocycles. The van der Waals surface area contributed by atoms with Crippen LogP contribution in [0.1, 0.15) is 95.8 Å². The summed E-state index contributed by atoms with van der Waals surface area (Å²) in [7, 11) is 0. The first-order chi connectivity index (χ1) is 20.8. The van der Waals surface area contributed by atoms with Gasteiger partial charge in [0.15, 0.2) is 0 Å². The summed E-state index contributed by atoms with van der Waals surface area (Å²) >= 11 is 4.01. The zero-order chi connectivity index (χ0) is 28.5. The van der Waals surface area contributed by atoms with Crippen molar-refractivity contribution >= 4 is 33.8 Å². The molecule has 2 aliphatic carbocycles. The first-order valence-electron chi connectivity index (χ1n) is 16.1. The van der Waals surface area contributed by atoms with E-state index >= 15 is 0 Å². The lowest BCUT2D eigenvalue weighted by Crippen LogP contribution is -2.14. The van der Waals surface area contributed by atoms with Crippen molar-refractivity contribution in [3.63, 3.8) is 0 Å². The van der Waals surface area contributed by atoms with Gasteiger partial charge in [0.05, 0.1) is 0 Å². The van der Waals surface area contributed by atoms with Gasteiger partial charge in [-0.25, -0.2) is 0 Å². The Morgan fingerprint density at radius 2 is 0.857 bits per heavy atom. The van der Waals surface area contributed by atoms with Gasteiger partial charge < -0.3 is 0 Å². The third-order valence-corrected chi connectivity index (χ3v) is 11.4. The van der Waals surface area contributed by atoms with E-state index in [1.165, 1.54) is 139 Å². The van der Waals surface area contributed by atoms with Gasteiger partial charge in [-0.2, -0.15) is 0 Å². The summed E-state index contributed by atoms with van der Waals surface area (Å²) in [5.74, 6) is 0. The van der Waals surface area contributed by atoms with E-state index in [1.54, 1.807) is 0 Å². The molecule has 0 bridgehead atoms. The summed E-state index contributed by atoms with van der Waals surface area (Å²) < 4.78 is 0. The van der Waals surface area contributed by atoms with Gasteiger partial charge in [-0.1, -0.05) is 101 Å². The normalized spacial score (nSPS) is 12.9. The fourth-order valence-corrected chi connectivity index (χ4v) is 9.14. The number of hydrogen-bond acceptors (Lipinski definition) is 2. The molecule has 212 valence electrons. The Bertz CT molecular complexity index is 1720. The van der Waals surface area contributed by atoms with Gasteiger partial charge in [-0.3, -0.25) is 0 Å². The SMILES string of the molecule is CCCCCCc1ccc(C2=c3cc4c(cc3-c3ccccc32)=C(c2ccc(CCCCCC)s2)c2ccccc2-4)s1. The molecule has 7 rings (SSSR count). The largest absolute Gasteiger partial charge is 0.140 e. The minimum Gasteiger partial charge on any atom is -0.140 e. The van der Waals surface area contributed by atoms with Crippen molar-refractivity contribution < 1.29 is 0 Å². The standard InChI is InChI=1S/C40H40S2/c1-3-5-7-9-15-27-21-23-37(41-27)39-31-19-13-11-17-29(31)33-26-36-34(25-35(33)39)30-18-12-14-20-32(30)40(36)38-24-22-28(42-38)16-10-8-6-4-2/h11-14,17-26H,3-10,15-16H2,1-2H3. The van der Waals surface area contributed by atoms with Crippen LogP contribution in [0.3, 0.4) is 0 Å². The fraction of sp³-hybridized carbons (Fsp3) is 0.300. The highest BCUT2D eigenvalue weighted by atomic mass is 32.1. The molecule has 0 saturated heterocycles. The number of unbranched alkanes of at least 4 members (excludes halogenated alkanes) is 6. The Hall–Kier alpha value is -3.20. The van der Waals surface area contributed by atoms with Gasteiger partial charge in [0.25, 0.3) is 0 Å². The molecule has 2 heterocycles. The van der Waals surface area contributed by atoms with Crippen molar-refractivity contribution in [2.45, 2.75) is 78.1 Å². The summed E-state index contributed by atoms with van der Waals surface area (Å²) in [5, 5.41) is 2.79. The number of aryl methyl sites for hydroxylation is 2. The van der Waals surface area contributed by atoms with E-state index in [1.807, 2.05) is 22.7 Å². The highest BCUT2D eigenvalue weighted by molar-refractivity contribution is 7.13. The minimum atomic E-state index is 1.20. The van der Waals surface area contributed by atoms with Crippen molar-refractivity contribution in [3.8, 4) is 22.3 Å². The Balaban J connectivity index is 1.36. The number of rotatable bonds is 12. The van der Waals surface area contributed by atoms with Crippen LogP contribution in [0, 0.1) is 0 Å². The van der Waals surface area contributed by atoms with Crippen LogP contribution in [0.25, 0.3) is 33.4 Å². The van der Waals surface area contributed by atoms with Crippen molar-refractivity contribution in [2.24, 2.45) is 0 Å². The number of hydrogen-bond donors (Lipinski definition) is 0. The van der Waals surface area contributed by atoms with Crippen molar-refractivity contribution in [3.05, 3.63) is 126 Å². The third-order valence-electron chi connectivity index (χ3n) is 9.04. The van der Waals surface area contributed by atoms with E-state index < -0.39 is 0 Å². The maximum Gasteiger partial charge on any atom is 0.0358 e. The molecule has 0 radical (unpaired) electrons. The lowest BCUT2D eigenvalue weighted by atomic mass is 10.0. The van der Waals surface area contributed by atoms with Crippen LogP contribution in [0.4, 0.5) is 0 Å². The molecule has 3 aromatic carbocycles. The fourth-order valence-electron chi connectivity index (χ4n) is 6.90. The molecule has 0 aliphatic heterocycles. The molecule has 2 aromatic heterocycles. The molecule has 0 atom stereocenters. The zero-order valence-corrected chi connectivity index (χ0v) is 26.6. The summed E-state index contributed by atoms with van der Waals surface area (Å²) in [4.78, 5) is 5.86. The summed E-state index contributed by atoms with van der Waals surface area (Å²) in [6.07, 6.45) is 12.9. The molecular weight excluding hydrogens is 545 g/mol. The Morgan fingerprint density at radius 1 is 0.429 bits per heavy atom. The Kier molecular flexibility index (Phi) is 8.02. The first kappa shape index (κ1) is 27.6. The van der Waals surface area contributed by atoms with Gasteiger partial charge in [0.1, 0.15) is 0 Å². The van der Waals surface area contributed by atoms with Crippen LogP contribution < -0.4 is 10.4 Å². The molecular formula is C40H40S2. The quantitative estimate of drug-likeness (QED) is 0.125. The molecule has 0 N–H and O–H groups in total. The average molecular weight is 585 g/mol. The second-order valence-electron chi connectivity index (χ2n) is 11.9. The molecule has 0 spiro atoms. The molecule has 0 amide bonds. The molecule has 0 fully saturated rings. The lowest BCUT2D eigenvalue weighted by Gasteiger charge is -2.05. The van der Waals surface area contributed by atoms with E-state index in [2.05, 4.69) is 98.8 Å². The van der Waals surface area contributed by atoms with Gasteiger partial charge in [0.2, 0.25) is 0 Å². The van der Waals surface area contributed by atoms with Crippen LogP contribution in [0.2, 0.25) is 0 Å². The van der Waals surface area contributed by atoms with Gasteiger partial charge in [-0.05, 0) is 106 Å². The second kappa shape index (κ2) is 12.2. The van der Waals surface area contributed by atoms with E-state index in [0.717, 1.165) is 0 Å². The van der Waals surface area contributed by atoms with E-state index in [4.69, 9.17) is 0 Å². The van der Waals surface area contributed by atoms with Crippen molar-refractivity contribution in [1.29, 1.82) is 0 Å². The minimum absolute atomic E-state index is 1.20. The monoisotopic (exact) mass is 584 g/mol. The Morgan fingerprint density at radius 3 is 1.29 bits per heavy atom. The topological polar surface area (TPSA) is 0 Å². The maximum atomic E-state index is 2.52. The summed E-state index contributed by atoms with van der Waals surface area (Å²) in [6.45, 7) is 4.58. The second-order valence-corrected chi connectivity index (χ2v) is 14.3.